The van der Waals surface area contributed by atoms with Crippen LogP contribution in [0.2, 0.25) is 0 Å². The highest BCUT2D eigenvalue weighted by Crippen LogP contribution is 2.18. The van der Waals surface area contributed by atoms with Crippen molar-refractivity contribution in [3.05, 3.63) is 30.1 Å². The van der Waals surface area contributed by atoms with E-state index in [-0.39, 0.29) is 11.9 Å². The second-order valence-electron chi connectivity index (χ2n) is 6.78. The van der Waals surface area contributed by atoms with Crippen LogP contribution in [-0.2, 0) is 16.2 Å². The van der Waals surface area contributed by atoms with E-state index in [2.05, 4.69) is 21.5 Å². The summed E-state index contributed by atoms with van der Waals surface area (Å²) in [7, 11) is 0. The molecule has 1 atom stereocenters. The molecule has 2 heterocycles. The van der Waals surface area contributed by atoms with Crippen molar-refractivity contribution in [2.75, 3.05) is 13.1 Å². The Bertz CT molecular complexity index is 660. The predicted octanol–water partition coefficient (Wildman–Crippen LogP) is 2.00. The van der Waals surface area contributed by atoms with Gasteiger partial charge < -0.3 is 15.1 Å². The summed E-state index contributed by atoms with van der Waals surface area (Å²) < 4.78 is 0. The second kappa shape index (κ2) is 9.30. The Morgan fingerprint density at radius 3 is 2.96 bits per heavy atom. The zero-order valence-corrected chi connectivity index (χ0v) is 14.9. The third-order valence-corrected chi connectivity index (χ3v) is 4.96. The monoisotopic (exact) mass is 355 g/mol. The smallest absolute Gasteiger partial charge is 0.237 e. The van der Waals surface area contributed by atoms with Crippen LogP contribution in [0.25, 0.3) is 0 Å². The van der Waals surface area contributed by atoms with Crippen molar-refractivity contribution in [1.29, 1.82) is 5.26 Å². The Hall–Kier alpha value is -2.46. The molecule has 7 nitrogen and oxygen atoms in total. The zero-order valence-electron chi connectivity index (χ0n) is 14.9. The molecule has 1 aromatic heterocycles. The number of hydrogen-bond donors (Lipinski definition) is 1. The van der Waals surface area contributed by atoms with Crippen LogP contribution >= 0.6 is 0 Å². The fourth-order valence-electron chi connectivity index (χ4n) is 3.45. The molecule has 1 aromatic rings. The normalized spacial score (nSPS) is 22.7. The summed E-state index contributed by atoms with van der Waals surface area (Å²) in [6, 6.07) is 8.00. The van der Waals surface area contributed by atoms with Gasteiger partial charge >= 0.3 is 0 Å². The molecule has 1 saturated carbocycles. The maximum absolute atomic E-state index is 12.3. The van der Waals surface area contributed by atoms with E-state index in [4.69, 9.17) is 10.1 Å². The van der Waals surface area contributed by atoms with Crippen LogP contribution in [0.1, 0.15) is 44.2 Å². The van der Waals surface area contributed by atoms with Crippen LogP contribution < -0.4 is 5.32 Å². The van der Waals surface area contributed by atoms with Crippen molar-refractivity contribution in [2.45, 2.75) is 57.2 Å². The maximum atomic E-state index is 12.3. The zero-order chi connectivity index (χ0) is 18.2. The van der Waals surface area contributed by atoms with Crippen molar-refractivity contribution in [2.24, 2.45) is 5.16 Å². The average Bonchev–Trinajstić information content (AvgIpc) is 3.17. The van der Waals surface area contributed by atoms with E-state index in [9.17, 15) is 4.79 Å². The van der Waals surface area contributed by atoms with Gasteiger partial charge in [-0.05, 0) is 50.7 Å². The van der Waals surface area contributed by atoms with Crippen LogP contribution in [-0.4, -0.2) is 46.7 Å². The van der Waals surface area contributed by atoms with E-state index in [1.54, 1.807) is 11.1 Å². The summed E-state index contributed by atoms with van der Waals surface area (Å²) in [5, 5.41) is 16.7. The molecular weight excluding hydrogens is 330 g/mol. The minimum Gasteiger partial charge on any atom is -0.389 e. The summed E-state index contributed by atoms with van der Waals surface area (Å²) in [6.07, 6.45) is 7.10. The summed E-state index contributed by atoms with van der Waals surface area (Å²) in [6.45, 7) is 1.40. The largest absolute Gasteiger partial charge is 0.389 e. The van der Waals surface area contributed by atoms with Gasteiger partial charge in [-0.1, -0.05) is 11.2 Å². The van der Waals surface area contributed by atoms with Gasteiger partial charge in [-0.25, -0.2) is 0 Å². The number of nitrogens with zero attached hydrogens (tertiary/aromatic N) is 4. The van der Waals surface area contributed by atoms with E-state index in [0.29, 0.717) is 25.7 Å². The number of hydrogen-bond acceptors (Lipinski definition) is 6. The lowest BCUT2D eigenvalue weighted by Gasteiger charge is -2.25. The quantitative estimate of drug-likeness (QED) is 0.788. The van der Waals surface area contributed by atoms with E-state index in [1.807, 2.05) is 18.2 Å². The third-order valence-electron chi connectivity index (χ3n) is 4.96. The van der Waals surface area contributed by atoms with Crippen molar-refractivity contribution in [3.8, 4) is 6.07 Å². The highest BCUT2D eigenvalue weighted by molar-refractivity contribution is 5.84. The molecule has 1 amide bonds. The number of likely N-dealkylation sites (tertiary alicyclic amines) is 1. The number of pyridine rings is 1. The number of carbonyl (C=O) groups excluding carboxylic acids is 1. The van der Waals surface area contributed by atoms with Crippen molar-refractivity contribution in [3.63, 3.8) is 0 Å². The molecule has 1 N–H and O–H groups in total. The molecule has 2 fully saturated rings. The Kier molecular flexibility index (Phi) is 6.56. The highest BCUT2D eigenvalue weighted by atomic mass is 16.6. The lowest BCUT2D eigenvalue weighted by Crippen LogP contribution is -2.44. The molecular formula is C19H25N5O2. The summed E-state index contributed by atoms with van der Waals surface area (Å²) in [5.74, 6) is 0.0345. The van der Waals surface area contributed by atoms with Gasteiger partial charge in [0.1, 0.15) is 6.04 Å². The van der Waals surface area contributed by atoms with Gasteiger partial charge in [-0.15, -0.1) is 0 Å². The Labute approximate surface area is 154 Å². The molecule has 7 heteroatoms. The minimum atomic E-state index is -0.245. The van der Waals surface area contributed by atoms with Gasteiger partial charge in [0.15, 0.2) is 6.61 Å². The standard InChI is InChI=1S/C19H25N5O2/c20-12-18-5-3-11-24(18)19(25)13-22-15-6-8-16(9-7-15)23-26-14-17-4-1-2-10-21-17/h1-2,4,10,15,18,22H,3,5-9,11,13-14H2/t15?,18-/m0/s1. The first-order valence-electron chi connectivity index (χ1n) is 9.26. The van der Waals surface area contributed by atoms with Crippen molar-refractivity contribution in [1.82, 2.24) is 15.2 Å². The Balaban J connectivity index is 1.35. The number of oxime groups is 1. The van der Waals surface area contributed by atoms with Crippen molar-refractivity contribution >= 4 is 11.6 Å². The van der Waals surface area contributed by atoms with Crippen molar-refractivity contribution < 1.29 is 9.63 Å². The van der Waals surface area contributed by atoms with E-state index in [1.165, 1.54) is 0 Å². The fraction of sp³-hybridized carbons (Fsp3) is 0.579. The molecule has 1 aliphatic heterocycles. The van der Waals surface area contributed by atoms with Crippen LogP contribution in [0.15, 0.2) is 29.6 Å². The average molecular weight is 355 g/mol. The number of nitriles is 1. The third kappa shape index (κ3) is 5.02. The van der Waals surface area contributed by atoms with Gasteiger partial charge in [-0.3, -0.25) is 9.78 Å². The van der Waals surface area contributed by atoms with Gasteiger partial charge in [0.2, 0.25) is 5.91 Å². The number of nitrogens with one attached hydrogen (secondary N) is 1. The van der Waals surface area contributed by atoms with Crippen LogP contribution in [0.3, 0.4) is 0 Å². The topological polar surface area (TPSA) is 90.6 Å². The Morgan fingerprint density at radius 1 is 1.38 bits per heavy atom. The van der Waals surface area contributed by atoms with Crippen LogP contribution in [0.4, 0.5) is 0 Å². The van der Waals surface area contributed by atoms with E-state index in [0.717, 1.165) is 49.9 Å². The second-order valence-corrected chi connectivity index (χ2v) is 6.78. The summed E-state index contributed by atoms with van der Waals surface area (Å²) in [5.41, 5.74) is 1.93. The molecule has 138 valence electrons. The molecule has 1 aliphatic carbocycles. The molecule has 2 aliphatic rings. The van der Waals surface area contributed by atoms with E-state index >= 15 is 0 Å². The lowest BCUT2D eigenvalue weighted by atomic mass is 9.94. The predicted molar refractivity (Wildman–Crippen MR) is 97.1 cm³/mol. The first kappa shape index (κ1) is 18.3. The number of amides is 1. The lowest BCUT2D eigenvalue weighted by molar-refractivity contribution is -0.130. The SMILES string of the molecule is N#C[C@@H]1CCCN1C(=O)CNC1CCC(=NOCc2ccccn2)CC1. The summed E-state index contributed by atoms with van der Waals surface area (Å²) >= 11 is 0. The van der Waals surface area contributed by atoms with Gasteiger partial charge in [-0.2, -0.15) is 5.26 Å². The van der Waals surface area contributed by atoms with Crippen LogP contribution in [0.5, 0.6) is 0 Å². The van der Waals surface area contributed by atoms with Gasteiger partial charge in [0.05, 0.1) is 24.0 Å². The molecule has 26 heavy (non-hydrogen) atoms. The number of carbonyl (C=O) groups is 1. The van der Waals surface area contributed by atoms with Gasteiger partial charge in [0, 0.05) is 18.8 Å². The number of rotatable bonds is 6. The number of aromatic nitrogens is 1. The molecule has 0 radical (unpaired) electrons. The molecule has 0 unspecified atom stereocenters. The maximum Gasteiger partial charge on any atom is 0.237 e. The van der Waals surface area contributed by atoms with Crippen LogP contribution in [0, 0.1) is 11.3 Å². The first-order valence-corrected chi connectivity index (χ1v) is 9.26. The Morgan fingerprint density at radius 2 is 2.23 bits per heavy atom. The van der Waals surface area contributed by atoms with Gasteiger partial charge in [0.25, 0.3) is 0 Å². The minimum absolute atomic E-state index is 0.0345. The fourth-order valence-corrected chi connectivity index (χ4v) is 3.45. The molecule has 0 aromatic carbocycles. The molecule has 1 saturated heterocycles. The van der Waals surface area contributed by atoms with E-state index < -0.39 is 0 Å². The molecule has 0 bridgehead atoms. The molecule has 3 rings (SSSR count). The summed E-state index contributed by atoms with van der Waals surface area (Å²) in [4.78, 5) is 23.6. The molecule has 0 spiro atoms. The highest BCUT2D eigenvalue weighted by Gasteiger charge is 2.28. The first-order chi connectivity index (χ1) is 12.8.